The first-order valence-corrected chi connectivity index (χ1v) is 13.5. The number of aliphatic carboxylic acids is 1. The lowest BCUT2D eigenvalue weighted by atomic mass is 10.0. The third kappa shape index (κ3) is 5.64. The van der Waals surface area contributed by atoms with Crippen LogP contribution in [0.2, 0.25) is 10.0 Å². The van der Waals surface area contributed by atoms with Gasteiger partial charge in [0, 0.05) is 28.7 Å². The van der Waals surface area contributed by atoms with E-state index in [0.29, 0.717) is 38.6 Å². The first-order valence-electron chi connectivity index (χ1n) is 10.7. The molecule has 1 aromatic heterocycles. The molecular formula is C23H22Cl2N5O4S2+. The predicted molar refractivity (Wildman–Crippen MR) is 140 cm³/mol. The van der Waals surface area contributed by atoms with Gasteiger partial charge in [-0.3, -0.25) is 14.5 Å². The summed E-state index contributed by atoms with van der Waals surface area (Å²) < 4.78 is 1.86. The lowest BCUT2D eigenvalue weighted by molar-refractivity contribution is -0.695. The van der Waals surface area contributed by atoms with Gasteiger partial charge in [0.05, 0.1) is 17.0 Å². The highest BCUT2D eigenvalue weighted by Gasteiger charge is 2.53. The number of nitrogens with two attached hydrogens (primary N) is 1. The van der Waals surface area contributed by atoms with Crippen LogP contribution < -0.4 is 15.6 Å². The molecule has 2 aliphatic rings. The molecule has 0 bridgehead atoms. The number of hydrogen-bond donors (Lipinski definition) is 3. The van der Waals surface area contributed by atoms with Crippen LogP contribution in [-0.4, -0.2) is 55.7 Å². The van der Waals surface area contributed by atoms with Gasteiger partial charge < -0.3 is 16.2 Å². The summed E-state index contributed by atoms with van der Waals surface area (Å²) in [7, 11) is 0. The monoisotopic (exact) mass is 566 g/mol. The van der Waals surface area contributed by atoms with Gasteiger partial charge in [-0.05, 0) is 34.8 Å². The van der Waals surface area contributed by atoms with E-state index in [2.05, 4.69) is 10.3 Å². The number of benzene rings is 1. The second-order valence-electron chi connectivity index (χ2n) is 7.95. The van der Waals surface area contributed by atoms with Gasteiger partial charge in [-0.2, -0.15) is 0 Å². The quantitative estimate of drug-likeness (QED) is 0.252. The normalized spacial score (nSPS) is 19.3. The number of nitrogens with zero attached hydrogens (tertiary/aromatic N) is 3. The predicted octanol–water partition coefficient (Wildman–Crippen LogP) is 2.65. The number of carboxylic acid groups (broad SMARTS) is 1. The molecule has 36 heavy (non-hydrogen) atoms. The number of aromatic nitrogens is 2. The maximum absolute atomic E-state index is 12.8. The summed E-state index contributed by atoms with van der Waals surface area (Å²) in [5.74, 6) is -0.445. The standard InChI is InChI=1S/C23H21Cl2N5O4S2/c1-12-27-17(26)6-8-29(12)7-2-3-13-10-36-22-19(21(32)30(22)20(13)23(33)34)28-18(31)11-35-16-9-14(24)4-5-15(16)25/h2-6,8-9,19,22,26H,7,10-11H2,1H3,(H2,28,31,33,34)/p+1/t19-,22-/m1/s1. The number of amides is 2. The van der Waals surface area contributed by atoms with Gasteiger partial charge in [0.1, 0.15) is 23.7 Å². The van der Waals surface area contributed by atoms with Gasteiger partial charge in [0.2, 0.25) is 11.7 Å². The minimum Gasteiger partial charge on any atom is -0.477 e. The van der Waals surface area contributed by atoms with Crippen LogP contribution >= 0.6 is 46.7 Å². The molecule has 13 heteroatoms. The van der Waals surface area contributed by atoms with Crippen LogP contribution in [0.25, 0.3) is 0 Å². The van der Waals surface area contributed by atoms with Gasteiger partial charge in [-0.1, -0.05) is 29.3 Å². The average Bonchev–Trinajstić information content (AvgIpc) is 2.83. The lowest BCUT2D eigenvalue weighted by Gasteiger charge is -2.49. The Kier molecular flexibility index (Phi) is 8.13. The fraction of sp³-hybridized carbons (Fsp3) is 0.261. The molecule has 1 aromatic carbocycles. The Morgan fingerprint density at radius 2 is 2.17 bits per heavy atom. The Hall–Kier alpha value is -2.73. The molecule has 0 aliphatic carbocycles. The van der Waals surface area contributed by atoms with Crippen molar-refractivity contribution in [3.63, 3.8) is 0 Å². The van der Waals surface area contributed by atoms with E-state index < -0.39 is 23.3 Å². The zero-order valence-electron chi connectivity index (χ0n) is 19.0. The molecule has 2 aliphatic heterocycles. The number of halogens is 2. The zero-order valence-corrected chi connectivity index (χ0v) is 22.1. The van der Waals surface area contributed by atoms with Crippen LogP contribution in [0.3, 0.4) is 0 Å². The summed E-state index contributed by atoms with van der Waals surface area (Å²) in [6.07, 6.45) is 5.32. The summed E-state index contributed by atoms with van der Waals surface area (Å²) in [5, 5.41) is 13.0. The molecule has 0 radical (unpaired) electrons. The highest BCUT2D eigenvalue weighted by Crippen LogP contribution is 2.40. The van der Waals surface area contributed by atoms with Gasteiger partial charge >= 0.3 is 5.97 Å². The molecule has 2 amide bonds. The summed E-state index contributed by atoms with van der Waals surface area (Å²) in [5.41, 5.74) is 6.13. The van der Waals surface area contributed by atoms with Crippen molar-refractivity contribution in [3.8, 4) is 0 Å². The van der Waals surface area contributed by atoms with Crippen LogP contribution in [-0.2, 0) is 20.9 Å². The van der Waals surface area contributed by atoms with Crippen LogP contribution in [0.15, 0.2) is 58.8 Å². The molecule has 0 unspecified atom stereocenters. The second kappa shape index (κ2) is 11.1. The second-order valence-corrected chi connectivity index (χ2v) is 10.9. The molecule has 1 saturated heterocycles. The van der Waals surface area contributed by atoms with Crippen LogP contribution in [0.1, 0.15) is 5.82 Å². The summed E-state index contributed by atoms with van der Waals surface area (Å²) in [6, 6.07) is 5.85. The number of carbonyl (C=O) groups is 3. The Bertz CT molecular complexity index is 1300. The number of fused-ring (bicyclic) bond motifs is 1. The highest BCUT2D eigenvalue weighted by molar-refractivity contribution is 8.00. The first-order chi connectivity index (χ1) is 17.2. The number of carbonyl (C=O) groups excluding carboxylic acids is 2. The molecule has 188 valence electrons. The number of β-lactam (4-membered cyclic amide) rings is 1. The summed E-state index contributed by atoms with van der Waals surface area (Å²) in [6.45, 7) is 2.28. The van der Waals surface area contributed by atoms with Crippen LogP contribution in [0.4, 0.5) is 5.82 Å². The van der Waals surface area contributed by atoms with E-state index >= 15 is 0 Å². The first kappa shape index (κ1) is 26.3. The number of nitrogen functional groups attached to an aromatic ring is 1. The molecule has 4 N–H and O–H groups in total. The number of carboxylic acids is 1. The fourth-order valence-electron chi connectivity index (χ4n) is 3.78. The molecule has 1 fully saturated rings. The Balaban J connectivity index is 1.40. The number of nitrogens with one attached hydrogen (secondary N) is 1. The third-order valence-corrected chi connectivity index (χ3v) is 8.56. The molecule has 0 saturated carbocycles. The number of thioether (sulfide) groups is 2. The Labute approximate surface area is 225 Å². The Morgan fingerprint density at radius 1 is 1.39 bits per heavy atom. The van der Waals surface area contributed by atoms with E-state index in [9.17, 15) is 19.5 Å². The van der Waals surface area contributed by atoms with Crippen molar-refractivity contribution in [3.05, 3.63) is 69.8 Å². The van der Waals surface area contributed by atoms with Crippen LogP contribution in [0.5, 0.6) is 0 Å². The molecule has 0 spiro atoms. The van der Waals surface area contributed by atoms with Gasteiger partial charge in [0.15, 0.2) is 0 Å². The van der Waals surface area contributed by atoms with Crippen molar-refractivity contribution in [1.29, 1.82) is 0 Å². The molecule has 4 rings (SSSR count). The molecular weight excluding hydrogens is 545 g/mol. The van der Waals surface area contributed by atoms with Crippen molar-refractivity contribution in [2.45, 2.75) is 29.8 Å². The van der Waals surface area contributed by atoms with Crippen molar-refractivity contribution in [1.82, 2.24) is 15.2 Å². The molecule has 9 nitrogen and oxygen atoms in total. The average molecular weight is 568 g/mol. The van der Waals surface area contributed by atoms with E-state index in [4.69, 9.17) is 28.9 Å². The minimum absolute atomic E-state index is 0.0356. The van der Waals surface area contributed by atoms with Gasteiger partial charge in [-0.25, -0.2) is 9.36 Å². The van der Waals surface area contributed by atoms with E-state index in [-0.39, 0.29) is 17.4 Å². The zero-order chi connectivity index (χ0) is 26.0. The van der Waals surface area contributed by atoms with Crippen molar-refractivity contribution < 1.29 is 24.1 Å². The molecule has 2 atom stereocenters. The van der Waals surface area contributed by atoms with E-state index in [1.54, 1.807) is 36.5 Å². The smallest absolute Gasteiger partial charge is 0.352 e. The number of allylic oxidation sites excluding steroid dienone is 2. The summed E-state index contributed by atoms with van der Waals surface area (Å²) >= 11 is 14.7. The van der Waals surface area contributed by atoms with Gasteiger partial charge in [-0.15, -0.1) is 23.5 Å². The van der Waals surface area contributed by atoms with Crippen molar-refractivity contribution >= 4 is 70.3 Å². The van der Waals surface area contributed by atoms with Gasteiger partial charge in [0.25, 0.3) is 11.7 Å². The van der Waals surface area contributed by atoms with Crippen molar-refractivity contribution in [2.75, 3.05) is 17.2 Å². The number of anilines is 1. The van der Waals surface area contributed by atoms with E-state index in [0.717, 1.165) is 5.82 Å². The molecule has 2 aromatic rings. The van der Waals surface area contributed by atoms with E-state index in [1.165, 1.54) is 28.4 Å². The van der Waals surface area contributed by atoms with Crippen molar-refractivity contribution in [2.24, 2.45) is 0 Å². The number of hydrogen-bond acceptors (Lipinski definition) is 7. The fourth-order valence-corrected chi connectivity index (χ4v) is 6.40. The number of aryl methyl sites for hydroxylation is 1. The minimum atomic E-state index is -1.19. The number of rotatable bonds is 8. The van der Waals surface area contributed by atoms with E-state index in [1.807, 2.05) is 17.6 Å². The largest absolute Gasteiger partial charge is 0.477 e. The topological polar surface area (TPSA) is 130 Å². The van der Waals surface area contributed by atoms with Crippen LogP contribution in [0, 0.1) is 6.92 Å². The maximum atomic E-state index is 12.8. The maximum Gasteiger partial charge on any atom is 0.352 e. The third-order valence-electron chi connectivity index (χ3n) is 5.52. The SMILES string of the molecule is Cc1nc(N)cc[n+]1CC=CC1=C(C(=O)O)N2C(=O)[C@@H](NC(=O)CSc3cc(Cl)ccc3Cl)[C@H]2SC1. The Morgan fingerprint density at radius 3 is 2.89 bits per heavy atom. The molecule has 3 heterocycles. The highest BCUT2D eigenvalue weighted by atomic mass is 35.5. The lowest BCUT2D eigenvalue weighted by Crippen LogP contribution is -2.70. The summed E-state index contributed by atoms with van der Waals surface area (Å²) in [4.78, 5) is 43.5.